The van der Waals surface area contributed by atoms with Gasteiger partial charge in [0, 0.05) is 0 Å². The number of nitrogens with one attached hydrogen (secondary N) is 2. The average molecular weight is 346 g/mol. The fourth-order valence-electron chi connectivity index (χ4n) is 1.89. The van der Waals surface area contributed by atoms with Crippen LogP contribution in [0.2, 0.25) is 0 Å². The van der Waals surface area contributed by atoms with Crippen LogP contribution in [0, 0.1) is 5.82 Å². The van der Waals surface area contributed by atoms with Gasteiger partial charge in [-0.2, -0.15) is 0 Å². The standard InChI is InChI=1S/C17H15FN2O5/c1-24-16(22)11-6-2-5-9-14(11)25-10-15(21)20-17(23)19-13-8-4-3-7-12(13)18/h2-9H,10H2,1H3,(H2,19,20,21,23). The predicted octanol–water partition coefficient (Wildman–Crippen LogP) is 2.34. The van der Waals surface area contributed by atoms with Gasteiger partial charge in [-0.15, -0.1) is 0 Å². The number of benzene rings is 2. The van der Waals surface area contributed by atoms with E-state index in [1.165, 1.54) is 43.5 Å². The van der Waals surface area contributed by atoms with Crippen LogP contribution in [0.25, 0.3) is 0 Å². The third-order valence-electron chi connectivity index (χ3n) is 3.03. The Morgan fingerprint density at radius 1 is 1.04 bits per heavy atom. The van der Waals surface area contributed by atoms with Crippen LogP contribution in [0.1, 0.15) is 10.4 Å². The summed E-state index contributed by atoms with van der Waals surface area (Å²) in [5.41, 5.74) is 0.0818. The van der Waals surface area contributed by atoms with Gasteiger partial charge in [0.1, 0.15) is 17.1 Å². The second-order valence-electron chi connectivity index (χ2n) is 4.76. The highest BCUT2D eigenvalue weighted by molar-refractivity contribution is 6.01. The molecule has 0 heterocycles. The average Bonchev–Trinajstić information content (AvgIpc) is 2.61. The van der Waals surface area contributed by atoms with Crippen molar-refractivity contribution in [2.75, 3.05) is 19.0 Å². The Kier molecular flexibility index (Phi) is 6.05. The molecule has 0 aliphatic carbocycles. The Bertz CT molecular complexity index is 794. The van der Waals surface area contributed by atoms with Crippen molar-refractivity contribution in [3.63, 3.8) is 0 Å². The first-order valence-corrected chi connectivity index (χ1v) is 7.16. The van der Waals surface area contributed by atoms with Gasteiger partial charge in [-0.1, -0.05) is 24.3 Å². The molecule has 3 amide bonds. The molecular formula is C17H15FN2O5. The summed E-state index contributed by atoms with van der Waals surface area (Å²) in [7, 11) is 1.22. The molecule has 0 saturated heterocycles. The zero-order valence-electron chi connectivity index (χ0n) is 13.2. The molecule has 2 N–H and O–H groups in total. The van der Waals surface area contributed by atoms with E-state index in [1.54, 1.807) is 12.1 Å². The molecule has 0 spiro atoms. The molecule has 2 aromatic carbocycles. The molecule has 7 nitrogen and oxygen atoms in total. The minimum atomic E-state index is -0.903. The molecule has 8 heteroatoms. The topological polar surface area (TPSA) is 93.7 Å². The molecule has 0 atom stereocenters. The van der Waals surface area contributed by atoms with Gasteiger partial charge in [0.05, 0.1) is 12.8 Å². The van der Waals surface area contributed by atoms with Crippen LogP contribution in [0.15, 0.2) is 48.5 Å². The van der Waals surface area contributed by atoms with E-state index in [0.29, 0.717) is 0 Å². The van der Waals surface area contributed by atoms with Gasteiger partial charge in [-0.05, 0) is 24.3 Å². The van der Waals surface area contributed by atoms with Gasteiger partial charge in [-0.3, -0.25) is 10.1 Å². The van der Waals surface area contributed by atoms with E-state index in [1.807, 2.05) is 5.32 Å². The number of esters is 1. The zero-order chi connectivity index (χ0) is 18.2. The van der Waals surface area contributed by atoms with Crippen molar-refractivity contribution in [1.82, 2.24) is 5.32 Å². The van der Waals surface area contributed by atoms with Crippen molar-refractivity contribution in [2.24, 2.45) is 0 Å². The first-order chi connectivity index (χ1) is 12.0. The van der Waals surface area contributed by atoms with E-state index in [0.717, 1.165) is 0 Å². The summed E-state index contributed by atoms with van der Waals surface area (Å²) in [4.78, 5) is 35.0. The maximum Gasteiger partial charge on any atom is 0.341 e. The monoisotopic (exact) mass is 346 g/mol. The molecule has 0 unspecified atom stereocenters. The molecular weight excluding hydrogens is 331 g/mol. The van der Waals surface area contributed by atoms with E-state index >= 15 is 0 Å². The lowest BCUT2D eigenvalue weighted by atomic mass is 10.2. The van der Waals surface area contributed by atoms with E-state index in [2.05, 4.69) is 10.1 Å². The number of anilines is 1. The summed E-state index contributed by atoms with van der Waals surface area (Å²) < 4.78 is 23.3. The van der Waals surface area contributed by atoms with Crippen molar-refractivity contribution in [3.8, 4) is 5.75 Å². The highest BCUT2D eigenvalue weighted by Gasteiger charge is 2.15. The van der Waals surface area contributed by atoms with Crippen molar-refractivity contribution in [3.05, 3.63) is 59.9 Å². The van der Waals surface area contributed by atoms with E-state index in [4.69, 9.17) is 4.74 Å². The molecule has 25 heavy (non-hydrogen) atoms. The van der Waals surface area contributed by atoms with Gasteiger partial charge < -0.3 is 14.8 Å². The summed E-state index contributed by atoms with van der Waals surface area (Å²) in [5.74, 6) is -1.88. The third-order valence-corrected chi connectivity index (χ3v) is 3.03. The van der Waals surface area contributed by atoms with E-state index < -0.39 is 30.3 Å². The molecule has 0 radical (unpaired) electrons. The molecule has 0 bridgehead atoms. The van der Waals surface area contributed by atoms with Crippen LogP contribution < -0.4 is 15.4 Å². The van der Waals surface area contributed by atoms with Crippen LogP contribution in [0.5, 0.6) is 5.75 Å². The van der Waals surface area contributed by atoms with Crippen molar-refractivity contribution in [2.45, 2.75) is 0 Å². The first kappa shape index (κ1) is 17.9. The zero-order valence-corrected chi connectivity index (χ0v) is 13.2. The number of carbonyl (C=O) groups excluding carboxylic acids is 3. The molecule has 0 aliphatic rings. The quantitative estimate of drug-likeness (QED) is 0.811. The largest absolute Gasteiger partial charge is 0.483 e. The number of para-hydroxylation sites is 2. The smallest absolute Gasteiger partial charge is 0.341 e. The second kappa shape index (κ2) is 8.44. The highest BCUT2D eigenvalue weighted by Crippen LogP contribution is 2.18. The predicted molar refractivity (Wildman–Crippen MR) is 86.8 cm³/mol. The van der Waals surface area contributed by atoms with Crippen molar-refractivity contribution in [1.29, 1.82) is 0 Å². The highest BCUT2D eigenvalue weighted by atomic mass is 19.1. The van der Waals surface area contributed by atoms with Crippen LogP contribution in [-0.2, 0) is 9.53 Å². The lowest BCUT2D eigenvalue weighted by molar-refractivity contribution is -0.121. The molecule has 0 aliphatic heterocycles. The molecule has 130 valence electrons. The minimum Gasteiger partial charge on any atom is -0.483 e. The Hall–Kier alpha value is -3.42. The minimum absolute atomic E-state index is 0.0650. The maximum atomic E-state index is 13.4. The second-order valence-corrected chi connectivity index (χ2v) is 4.76. The van der Waals surface area contributed by atoms with Crippen molar-refractivity contribution < 1.29 is 28.2 Å². The molecule has 0 fully saturated rings. The van der Waals surface area contributed by atoms with E-state index in [-0.39, 0.29) is 17.0 Å². The number of hydrogen-bond donors (Lipinski definition) is 2. The number of methoxy groups -OCH3 is 1. The van der Waals surface area contributed by atoms with Crippen LogP contribution in [0.3, 0.4) is 0 Å². The number of ether oxygens (including phenoxy) is 2. The summed E-state index contributed by atoms with van der Waals surface area (Å²) in [6.07, 6.45) is 0. The number of halogens is 1. The Morgan fingerprint density at radius 3 is 2.44 bits per heavy atom. The summed E-state index contributed by atoms with van der Waals surface area (Å²) >= 11 is 0. The number of amides is 3. The van der Waals surface area contributed by atoms with Gasteiger partial charge >= 0.3 is 12.0 Å². The molecule has 0 saturated carbocycles. The number of rotatable bonds is 5. The summed E-state index contributed by atoms with van der Waals surface area (Å²) in [6, 6.07) is 10.8. The summed E-state index contributed by atoms with van der Waals surface area (Å²) in [5, 5.41) is 4.19. The number of urea groups is 1. The third kappa shape index (κ3) is 5.03. The van der Waals surface area contributed by atoms with Gasteiger partial charge in [-0.25, -0.2) is 14.0 Å². The van der Waals surface area contributed by atoms with E-state index in [9.17, 15) is 18.8 Å². The lowest BCUT2D eigenvalue weighted by Gasteiger charge is -2.10. The summed E-state index contributed by atoms with van der Waals surface area (Å²) in [6.45, 7) is -0.515. The number of imide groups is 1. The first-order valence-electron chi connectivity index (χ1n) is 7.16. The number of carbonyl (C=O) groups is 3. The fraction of sp³-hybridized carbons (Fsp3) is 0.118. The Labute approximate surface area is 142 Å². The SMILES string of the molecule is COC(=O)c1ccccc1OCC(=O)NC(=O)Nc1ccccc1F. The normalized spacial score (nSPS) is 9.84. The fourth-order valence-corrected chi connectivity index (χ4v) is 1.89. The van der Waals surface area contributed by atoms with Crippen molar-refractivity contribution >= 4 is 23.6 Å². The van der Waals surface area contributed by atoms with Gasteiger partial charge in [0.2, 0.25) is 0 Å². The molecule has 2 rings (SSSR count). The lowest BCUT2D eigenvalue weighted by Crippen LogP contribution is -2.37. The van der Waals surface area contributed by atoms with Crippen LogP contribution in [0.4, 0.5) is 14.9 Å². The Balaban J connectivity index is 1.90. The number of hydrogen-bond acceptors (Lipinski definition) is 5. The molecule has 2 aromatic rings. The maximum absolute atomic E-state index is 13.4. The van der Waals surface area contributed by atoms with Crippen LogP contribution in [-0.4, -0.2) is 31.6 Å². The van der Waals surface area contributed by atoms with Crippen LogP contribution >= 0.6 is 0 Å². The van der Waals surface area contributed by atoms with Gasteiger partial charge in [0.15, 0.2) is 6.61 Å². The van der Waals surface area contributed by atoms with Gasteiger partial charge in [0.25, 0.3) is 5.91 Å². The molecule has 0 aromatic heterocycles. The Morgan fingerprint density at radius 2 is 1.72 bits per heavy atom.